The summed E-state index contributed by atoms with van der Waals surface area (Å²) in [6.07, 6.45) is 0.777. The monoisotopic (exact) mass is 410 g/mol. The van der Waals surface area contributed by atoms with E-state index in [0.29, 0.717) is 12.4 Å². The summed E-state index contributed by atoms with van der Waals surface area (Å²) >= 11 is 3.36. The van der Waals surface area contributed by atoms with Crippen LogP contribution < -0.4 is 5.32 Å². The topological polar surface area (TPSA) is 85.6 Å². The molecule has 0 atom stereocenters. The lowest BCUT2D eigenvalue weighted by Gasteiger charge is -2.03. The second-order valence-corrected chi connectivity index (χ2v) is 8.36. The summed E-state index contributed by atoms with van der Waals surface area (Å²) in [5.74, 6) is 0.376. The van der Waals surface area contributed by atoms with Crippen molar-refractivity contribution in [1.29, 1.82) is 0 Å². The van der Waals surface area contributed by atoms with Crippen LogP contribution in [0.25, 0.3) is 22.0 Å². The second kappa shape index (κ2) is 8.41. The highest BCUT2D eigenvalue weighted by atomic mass is 32.1. The summed E-state index contributed by atoms with van der Waals surface area (Å²) in [4.78, 5) is 20.3. The fraction of sp³-hybridized carbons (Fsp3) is 0.211. The molecule has 0 aliphatic rings. The van der Waals surface area contributed by atoms with Gasteiger partial charge in [-0.2, -0.15) is 4.80 Å². The van der Waals surface area contributed by atoms with E-state index in [1.807, 2.05) is 37.3 Å². The number of hydrogen-bond donors (Lipinski definition) is 1. The van der Waals surface area contributed by atoms with E-state index in [-0.39, 0.29) is 12.5 Å². The molecule has 0 aliphatic carbocycles. The Hall–Kier alpha value is -2.91. The maximum atomic E-state index is 12.1. The Morgan fingerprint density at radius 3 is 2.82 bits per heavy atom. The number of aromatic nitrogens is 5. The molecule has 1 amide bonds. The Kier molecular flexibility index (Phi) is 5.54. The fourth-order valence-electron chi connectivity index (χ4n) is 2.65. The molecule has 0 aliphatic heterocycles. The predicted molar refractivity (Wildman–Crippen MR) is 110 cm³/mol. The third-order valence-electron chi connectivity index (χ3n) is 4.00. The highest BCUT2D eigenvalue weighted by Crippen LogP contribution is 2.29. The van der Waals surface area contributed by atoms with Crippen molar-refractivity contribution in [2.45, 2.75) is 19.9 Å². The molecule has 0 radical (unpaired) electrons. The summed E-state index contributed by atoms with van der Waals surface area (Å²) in [6.45, 7) is 2.62. The predicted octanol–water partition coefficient (Wildman–Crippen LogP) is 3.19. The zero-order chi connectivity index (χ0) is 19.3. The van der Waals surface area contributed by atoms with Crippen LogP contribution >= 0.6 is 22.7 Å². The lowest BCUT2D eigenvalue weighted by Crippen LogP contribution is -2.30. The van der Waals surface area contributed by atoms with Gasteiger partial charge in [0.25, 0.3) is 0 Å². The van der Waals surface area contributed by atoms with Crippen LogP contribution in [0.15, 0.2) is 47.8 Å². The average Bonchev–Trinajstić information content (AvgIpc) is 3.44. The minimum absolute atomic E-state index is 0.0492. The summed E-state index contributed by atoms with van der Waals surface area (Å²) in [5, 5.41) is 18.2. The van der Waals surface area contributed by atoms with Crippen molar-refractivity contribution in [3.63, 3.8) is 0 Å². The summed E-state index contributed by atoms with van der Waals surface area (Å²) in [7, 11) is 0. The zero-order valence-corrected chi connectivity index (χ0v) is 16.8. The fourth-order valence-corrected chi connectivity index (χ4v) is 4.30. The molecule has 0 spiro atoms. The zero-order valence-electron chi connectivity index (χ0n) is 15.2. The maximum Gasteiger partial charge on any atom is 0.243 e. The highest BCUT2D eigenvalue weighted by molar-refractivity contribution is 7.16. The molecule has 3 heterocycles. The van der Waals surface area contributed by atoms with Crippen LogP contribution in [0, 0.1) is 6.92 Å². The van der Waals surface area contributed by atoms with Gasteiger partial charge in [-0.3, -0.25) is 4.79 Å². The number of amides is 1. The van der Waals surface area contributed by atoms with Gasteiger partial charge in [-0.1, -0.05) is 30.3 Å². The summed E-state index contributed by atoms with van der Waals surface area (Å²) < 4.78 is 0. The van der Waals surface area contributed by atoms with E-state index in [1.54, 1.807) is 22.7 Å². The smallest absolute Gasteiger partial charge is 0.243 e. The van der Waals surface area contributed by atoms with Gasteiger partial charge in [0, 0.05) is 22.4 Å². The third-order valence-corrected chi connectivity index (χ3v) is 5.94. The van der Waals surface area contributed by atoms with Crippen molar-refractivity contribution >= 4 is 28.6 Å². The van der Waals surface area contributed by atoms with E-state index in [0.717, 1.165) is 27.6 Å². The molecule has 142 valence electrons. The van der Waals surface area contributed by atoms with E-state index in [1.165, 1.54) is 9.67 Å². The number of carbonyl (C=O) groups excluding carboxylic acids is 1. The first-order valence-electron chi connectivity index (χ1n) is 8.78. The Bertz CT molecular complexity index is 1070. The number of nitrogens with one attached hydrogen (secondary N) is 1. The van der Waals surface area contributed by atoms with Gasteiger partial charge in [0.2, 0.25) is 11.7 Å². The maximum absolute atomic E-state index is 12.1. The van der Waals surface area contributed by atoms with Crippen molar-refractivity contribution in [3.8, 4) is 22.0 Å². The molecule has 0 saturated carbocycles. The van der Waals surface area contributed by atoms with Crippen molar-refractivity contribution in [2.24, 2.45) is 0 Å². The normalized spacial score (nSPS) is 10.9. The van der Waals surface area contributed by atoms with E-state index < -0.39 is 0 Å². The number of thiophene rings is 1. The molecule has 7 nitrogen and oxygen atoms in total. The summed E-state index contributed by atoms with van der Waals surface area (Å²) in [5.41, 5.74) is 1.90. The van der Waals surface area contributed by atoms with Crippen LogP contribution in [0.2, 0.25) is 0 Å². The van der Waals surface area contributed by atoms with Crippen molar-refractivity contribution in [2.75, 3.05) is 6.54 Å². The van der Waals surface area contributed by atoms with Gasteiger partial charge in [0.15, 0.2) is 0 Å². The SMILES string of the molecule is Cc1nc(-c2ccc(CCNC(=O)Cn3nnc(-c4ccccc4)n3)s2)cs1. The molecule has 28 heavy (non-hydrogen) atoms. The third kappa shape index (κ3) is 4.49. The number of carbonyl (C=O) groups is 1. The lowest BCUT2D eigenvalue weighted by atomic mass is 10.2. The molecule has 9 heteroatoms. The largest absolute Gasteiger partial charge is 0.354 e. The van der Waals surface area contributed by atoms with E-state index in [4.69, 9.17) is 0 Å². The molecule has 1 aromatic carbocycles. The average molecular weight is 411 g/mol. The van der Waals surface area contributed by atoms with Gasteiger partial charge in [0.05, 0.1) is 15.6 Å². The van der Waals surface area contributed by atoms with Crippen molar-refractivity contribution in [1.82, 2.24) is 30.5 Å². The number of aryl methyl sites for hydroxylation is 1. The van der Waals surface area contributed by atoms with E-state index in [9.17, 15) is 4.79 Å². The van der Waals surface area contributed by atoms with Crippen LogP contribution in [-0.4, -0.2) is 37.6 Å². The molecule has 4 rings (SSSR count). The van der Waals surface area contributed by atoms with Crippen LogP contribution in [-0.2, 0) is 17.8 Å². The minimum Gasteiger partial charge on any atom is -0.354 e. The number of thiazole rings is 1. The molecule has 0 saturated heterocycles. The quantitative estimate of drug-likeness (QED) is 0.506. The Balaban J connectivity index is 1.26. The molecular formula is C19H18N6OS2. The molecule has 0 bridgehead atoms. The molecule has 0 unspecified atom stereocenters. The highest BCUT2D eigenvalue weighted by Gasteiger charge is 2.10. The Morgan fingerprint density at radius 2 is 2.04 bits per heavy atom. The number of rotatable bonds is 7. The van der Waals surface area contributed by atoms with Crippen LogP contribution in [0.3, 0.4) is 0 Å². The standard InChI is InChI=1S/C19H18N6OS2/c1-13-21-16(12-27-13)17-8-7-15(28-17)9-10-20-18(26)11-25-23-19(22-24-25)14-5-3-2-4-6-14/h2-8,12H,9-11H2,1H3,(H,20,26). The number of benzene rings is 1. The first kappa shape index (κ1) is 18.5. The van der Waals surface area contributed by atoms with E-state index in [2.05, 4.69) is 43.2 Å². The van der Waals surface area contributed by atoms with Gasteiger partial charge < -0.3 is 5.32 Å². The summed E-state index contributed by atoms with van der Waals surface area (Å²) in [6, 6.07) is 13.7. The number of tetrazole rings is 1. The van der Waals surface area contributed by atoms with Gasteiger partial charge in [-0.05, 0) is 30.7 Å². The van der Waals surface area contributed by atoms with Crippen LogP contribution in [0.1, 0.15) is 9.88 Å². The van der Waals surface area contributed by atoms with Crippen molar-refractivity contribution in [3.05, 3.63) is 57.7 Å². The molecule has 0 fully saturated rings. The lowest BCUT2D eigenvalue weighted by molar-refractivity contribution is -0.122. The van der Waals surface area contributed by atoms with Gasteiger partial charge in [-0.25, -0.2) is 4.98 Å². The first-order valence-corrected chi connectivity index (χ1v) is 10.5. The van der Waals surface area contributed by atoms with Gasteiger partial charge in [0.1, 0.15) is 6.54 Å². The van der Waals surface area contributed by atoms with Crippen LogP contribution in [0.4, 0.5) is 0 Å². The minimum atomic E-state index is -0.135. The molecule has 3 aromatic heterocycles. The van der Waals surface area contributed by atoms with Gasteiger partial charge in [-0.15, -0.1) is 32.9 Å². The van der Waals surface area contributed by atoms with Gasteiger partial charge >= 0.3 is 0 Å². The number of nitrogens with zero attached hydrogens (tertiary/aromatic N) is 5. The Labute approximate surface area is 170 Å². The van der Waals surface area contributed by atoms with E-state index >= 15 is 0 Å². The molecule has 1 N–H and O–H groups in total. The van der Waals surface area contributed by atoms with Crippen LogP contribution in [0.5, 0.6) is 0 Å². The molecule has 4 aromatic rings. The second-order valence-electron chi connectivity index (χ2n) is 6.13. The first-order chi connectivity index (χ1) is 13.7. The molecular weight excluding hydrogens is 392 g/mol. The van der Waals surface area contributed by atoms with Crippen molar-refractivity contribution < 1.29 is 4.79 Å². The number of hydrogen-bond acceptors (Lipinski definition) is 7. The Morgan fingerprint density at radius 1 is 1.18 bits per heavy atom.